The summed E-state index contributed by atoms with van der Waals surface area (Å²) in [5.41, 5.74) is 0.0557. The average Bonchev–Trinajstić information content (AvgIpc) is 2.87. The summed E-state index contributed by atoms with van der Waals surface area (Å²) in [6.45, 7) is 8.75. The lowest BCUT2D eigenvalue weighted by Gasteiger charge is -2.44. The number of amides is 1. The highest BCUT2D eigenvalue weighted by molar-refractivity contribution is 6.31. The van der Waals surface area contributed by atoms with Crippen LogP contribution in [0.3, 0.4) is 0 Å². The van der Waals surface area contributed by atoms with Crippen molar-refractivity contribution in [3.05, 3.63) is 63.9 Å². The fourth-order valence-electron chi connectivity index (χ4n) is 4.71. The number of nitrogens with zero attached hydrogens (tertiary/aromatic N) is 1. The smallest absolute Gasteiger partial charge is 0.306 e. The molecular weight excluding hydrogens is 515 g/mol. The molecule has 2 aliphatic heterocycles. The number of ether oxygens (including phenoxy) is 3. The highest BCUT2D eigenvalue weighted by Gasteiger charge is 2.47. The van der Waals surface area contributed by atoms with Gasteiger partial charge in [-0.15, -0.1) is 0 Å². The Hall–Kier alpha value is -3.01. The summed E-state index contributed by atoms with van der Waals surface area (Å²) in [5.74, 6) is -1.31. The van der Waals surface area contributed by atoms with Gasteiger partial charge >= 0.3 is 5.97 Å². The molecule has 2 atom stereocenters. The minimum absolute atomic E-state index is 0.139. The van der Waals surface area contributed by atoms with Crippen LogP contribution in [0, 0.1) is 5.82 Å². The van der Waals surface area contributed by atoms with Crippen molar-refractivity contribution in [3.63, 3.8) is 0 Å². The van der Waals surface area contributed by atoms with E-state index < -0.39 is 35.4 Å². The first-order valence-corrected chi connectivity index (χ1v) is 13.0. The van der Waals surface area contributed by atoms with Gasteiger partial charge < -0.3 is 19.5 Å². The van der Waals surface area contributed by atoms with Crippen molar-refractivity contribution >= 4 is 29.3 Å². The van der Waals surface area contributed by atoms with Crippen molar-refractivity contribution in [3.8, 4) is 5.75 Å². The topological polar surface area (TPSA) is 94.2 Å². The maximum absolute atomic E-state index is 13.7. The number of nitrogens with one attached hydrogen (secondary N) is 1. The summed E-state index contributed by atoms with van der Waals surface area (Å²) in [6, 6.07) is 7.77. The quantitative estimate of drug-likeness (QED) is 0.388. The Kier molecular flexibility index (Phi) is 8.70. The molecule has 0 spiro atoms. The monoisotopic (exact) mass is 546 g/mol. The van der Waals surface area contributed by atoms with Gasteiger partial charge in [0.05, 0.1) is 24.3 Å². The van der Waals surface area contributed by atoms with Crippen molar-refractivity contribution in [1.82, 2.24) is 10.2 Å². The standard InChI is InChI=1S/C28H32ClFN2O6/c1-17(33)18-7-9-23-20(15-18)25(31-27(35)19-6-8-22(30)21(29)16-19)26(28(2,3)38-23)37-24(34)5-4-10-32-11-13-36-14-12-32/h6-9,15-16,25-26H,4-5,10-14H2,1-3H3,(H,31,35)/t25-,26+/m1/s1. The molecule has 0 aliphatic carbocycles. The number of ketones is 1. The van der Waals surface area contributed by atoms with E-state index in [2.05, 4.69) is 10.2 Å². The molecule has 1 saturated heterocycles. The van der Waals surface area contributed by atoms with Crippen LogP contribution in [0.25, 0.3) is 0 Å². The van der Waals surface area contributed by atoms with Gasteiger partial charge in [0.15, 0.2) is 11.9 Å². The summed E-state index contributed by atoms with van der Waals surface area (Å²) in [7, 11) is 0. The van der Waals surface area contributed by atoms with Gasteiger partial charge in [-0.2, -0.15) is 0 Å². The van der Waals surface area contributed by atoms with Gasteiger partial charge in [-0.1, -0.05) is 11.6 Å². The Morgan fingerprint density at radius 2 is 1.84 bits per heavy atom. The molecule has 1 amide bonds. The van der Waals surface area contributed by atoms with Gasteiger partial charge in [0.2, 0.25) is 0 Å². The first-order valence-electron chi connectivity index (χ1n) is 12.6. The maximum atomic E-state index is 13.7. The minimum atomic E-state index is -1.01. The van der Waals surface area contributed by atoms with Gasteiger partial charge in [-0.05, 0) is 70.1 Å². The van der Waals surface area contributed by atoms with Gasteiger partial charge in [0, 0.05) is 36.2 Å². The molecule has 38 heavy (non-hydrogen) atoms. The number of morpholine rings is 1. The van der Waals surface area contributed by atoms with Crippen molar-refractivity contribution in [2.24, 2.45) is 0 Å². The van der Waals surface area contributed by atoms with E-state index in [0.29, 0.717) is 36.5 Å². The Morgan fingerprint density at radius 3 is 2.53 bits per heavy atom. The van der Waals surface area contributed by atoms with Crippen LogP contribution >= 0.6 is 11.6 Å². The van der Waals surface area contributed by atoms with Crippen LogP contribution in [0.2, 0.25) is 5.02 Å². The van der Waals surface area contributed by atoms with Crippen LogP contribution in [0.15, 0.2) is 36.4 Å². The zero-order valence-electron chi connectivity index (χ0n) is 21.7. The summed E-state index contributed by atoms with van der Waals surface area (Å²) in [4.78, 5) is 40.6. The van der Waals surface area contributed by atoms with Crippen molar-refractivity contribution in [2.45, 2.75) is 51.4 Å². The largest absolute Gasteiger partial charge is 0.484 e. The Bertz CT molecular complexity index is 1210. The molecule has 2 heterocycles. The van der Waals surface area contributed by atoms with E-state index >= 15 is 0 Å². The lowest BCUT2D eigenvalue weighted by molar-refractivity contribution is -0.165. The molecule has 8 nitrogen and oxygen atoms in total. The van der Waals surface area contributed by atoms with Crippen LogP contribution in [-0.4, -0.2) is 67.1 Å². The van der Waals surface area contributed by atoms with Gasteiger partial charge in [-0.25, -0.2) is 4.39 Å². The summed E-state index contributed by atoms with van der Waals surface area (Å²) in [6.07, 6.45) is -0.102. The Balaban J connectivity index is 1.58. The van der Waals surface area contributed by atoms with Crippen LogP contribution in [0.5, 0.6) is 5.75 Å². The van der Waals surface area contributed by atoms with E-state index in [1.54, 1.807) is 32.0 Å². The predicted molar refractivity (Wildman–Crippen MR) is 139 cm³/mol. The minimum Gasteiger partial charge on any atom is -0.484 e. The Labute approximate surface area is 226 Å². The van der Waals surface area contributed by atoms with Crippen LogP contribution in [0.1, 0.15) is 65.9 Å². The molecule has 0 radical (unpaired) electrons. The maximum Gasteiger partial charge on any atom is 0.306 e. The number of benzene rings is 2. The van der Waals surface area contributed by atoms with Gasteiger partial charge in [0.1, 0.15) is 17.2 Å². The van der Waals surface area contributed by atoms with Crippen molar-refractivity contribution in [1.29, 1.82) is 0 Å². The van der Waals surface area contributed by atoms with E-state index in [0.717, 1.165) is 25.7 Å². The number of hydrogen-bond donors (Lipinski definition) is 1. The third-order valence-electron chi connectivity index (χ3n) is 6.80. The second kappa shape index (κ2) is 11.8. The lowest BCUT2D eigenvalue weighted by atomic mass is 9.85. The molecule has 1 N–H and O–H groups in total. The molecule has 0 aromatic heterocycles. The fourth-order valence-corrected chi connectivity index (χ4v) is 4.89. The van der Waals surface area contributed by atoms with Crippen molar-refractivity contribution in [2.75, 3.05) is 32.8 Å². The molecule has 2 aromatic carbocycles. The lowest BCUT2D eigenvalue weighted by Crippen LogP contribution is -2.55. The average molecular weight is 547 g/mol. The molecule has 2 aromatic rings. The number of hydrogen-bond acceptors (Lipinski definition) is 7. The first-order chi connectivity index (χ1) is 18.0. The van der Waals surface area contributed by atoms with E-state index in [1.807, 2.05) is 0 Å². The number of fused-ring (bicyclic) bond motifs is 1. The zero-order chi connectivity index (χ0) is 27.4. The van der Waals surface area contributed by atoms with Crippen LogP contribution in [-0.2, 0) is 14.3 Å². The zero-order valence-corrected chi connectivity index (χ0v) is 22.5. The SMILES string of the molecule is CC(=O)c1ccc2c(c1)[C@@H](NC(=O)c1ccc(F)c(Cl)c1)[C@H](OC(=O)CCCN1CCOCC1)C(C)(C)O2. The second-order valence-electron chi connectivity index (χ2n) is 10.1. The molecular formula is C28H32ClFN2O6. The first kappa shape index (κ1) is 28.0. The van der Waals surface area contributed by atoms with Gasteiger partial charge in [-0.3, -0.25) is 19.3 Å². The summed E-state index contributed by atoms with van der Waals surface area (Å²) >= 11 is 5.89. The number of esters is 1. The fraction of sp³-hybridized carbons (Fsp3) is 0.464. The van der Waals surface area contributed by atoms with Crippen molar-refractivity contribution < 1.29 is 33.0 Å². The van der Waals surface area contributed by atoms with E-state index in [4.69, 9.17) is 25.8 Å². The number of carbonyl (C=O) groups is 3. The van der Waals surface area contributed by atoms with Crippen LogP contribution in [0.4, 0.5) is 4.39 Å². The number of carbonyl (C=O) groups excluding carboxylic acids is 3. The molecule has 4 rings (SSSR count). The molecule has 2 aliphatic rings. The van der Waals surface area contributed by atoms with E-state index in [1.165, 1.54) is 19.1 Å². The third kappa shape index (κ3) is 6.51. The number of Topliss-reactive ketones (excluding diaryl/α,β-unsaturated/α-hetero) is 1. The highest BCUT2D eigenvalue weighted by Crippen LogP contribution is 2.42. The highest BCUT2D eigenvalue weighted by atomic mass is 35.5. The predicted octanol–water partition coefficient (Wildman–Crippen LogP) is 4.35. The summed E-state index contributed by atoms with van der Waals surface area (Å²) < 4.78 is 31.2. The molecule has 1 fully saturated rings. The van der Waals surface area contributed by atoms with E-state index in [-0.39, 0.29) is 22.8 Å². The van der Waals surface area contributed by atoms with E-state index in [9.17, 15) is 18.8 Å². The summed E-state index contributed by atoms with van der Waals surface area (Å²) in [5, 5.41) is 2.72. The molecule has 0 saturated carbocycles. The van der Waals surface area contributed by atoms with Crippen LogP contribution < -0.4 is 10.1 Å². The molecule has 0 unspecified atom stereocenters. The third-order valence-corrected chi connectivity index (χ3v) is 7.09. The number of halogens is 2. The molecule has 10 heteroatoms. The Morgan fingerprint density at radius 1 is 1.13 bits per heavy atom. The molecule has 204 valence electrons. The number of rotatable bonds is 8. The normalized spacial score (nSPS) is 20.7. The van der Waals surface area contributed by atoms with Gasteiger partial charge in [0.25, 0.3) is 5.91 Å². The second-order valence-corrected chi connectivity index (χ2v) is 10.5. The molecule has 0 bridgehead atoms.